The van der Waals surface area contributed by atoms with Gasteiger partial charge in [0, 0.05) is 72.7 Å². The lowest BCUT2D eigenvalue weighted by atomic mass is 10.6. The molecule has 0 atom stereocenters. The quantitative estimate of drug-likeness (QED) is 0.0427. The minimum atomic E-state index is -3.46. The maximum atomic E-state index is 7.97. The van der Waals surface area contributed by atoms with Crippen molar-refractivity contribution in [3.63, 3.8) is 0 Å². The Morgan fingerprint density at radius 2 is 0.245 bits per heavy atom. The summed E-state index contributed by atoms with van der Waals surface area (Å²) in [5, 5.41) is 8.64. The molecule has 0 amide bonds. The molecular weight excluding hydrogens is 2090 g/mol. The Labute approximate surface area is 698 Å². The van der Waals surface area contributed by atoms with E-state index in [2.05, 4.69) is 307 Å². The van der Waals surface area contributed by atoms with Crippen LogP contribution in [0, 0.1) is 0 Å². The van der Waals surface area contributed by atoms with Crippen LogP contribution < -0.4 is 0 Å². The van der Waals surface area contributed by atoms with Crippen LogP contribution in [-0.2, 0) is 49.4 Å². The fourth-order valence-electron chi connectivity index (χ4n) is 13.2. The van der Waals surface area contributed by atoms with Crippen LogP contribution in [0.15, 0.2) is 0 Å². The van der Waals surface area contributed by atoms with Crippen molar-refractivity contribution in [2.75, 3.05) is 48.0 Å². The van der Waals surface area contributed by atoms with Crippen LogP contribution in [0.25, 0.3) is 0 Å². The third kappa shape index (κ3) is 49.2. The molecule has 0 saturated carbocycles. The molecule has 0 aromatic carbocycles. The minimum Gasteiger partial charge on any atom is -0.417 e. The maximum absolute atomic E-state index is 7.97. The smallest absolute Gasteiger partial charge is 0.417 e. The zero-order chi connectivity index (χ0) is 75.9. The SMILES string of the molecule is C[Si](C)(CCC[Si](O[Si](C)(C)CCCBr)(O[Si](C)(C)CCCBr)O[Si](C)(C)CCCBr)O[Si](C)(O[Si](C)(C)CCC[Si](O[Si](C)(C)CCCBr)(O[Si](C)(C)CCCBr)O[Si](C)(C)CCCBr)O[Si](C)(C)CCC[Si](O[Si](C)(C)CCCBr)(O[Si](C)(C)CCCBr)O[Si](C)(C)CCCBr. The highest BCUT2D eigenvalue weighted by Crippen LogP contribution is 2.42. The second-order valence-corrected chi connectivity index (χ2v) is 107. The van der Waals surface area contributed by atoms with Gasteiger partial charge >= 0.3 is 35.2 Å². The highest BCUT2D eigenvalue weighted by molar-refractivity contribution is 9.10. The van der Waals surface area contributed by atoms with Gasteiger partial charge in [-0.15, -0.1) is 0 Å². The average Bonchev–Trinajstić information content (AvgIpc) is 0.808. The lowest BCUT2D eigenvalue weighted by Gasteiger charge is -2.46. The summed E-state index contributed by atoms with van der Waals surface area (Å²) in [5.74, 6) is 0. The molecule has 0 saturated heterocycles. The van der Waals surface area contributed by atoms with E-state index < -0.39 is 135 Å². The molecule has 98 heavy (non-hydrogen) atoms. The van der Waals surface area contributed by atoms with Crippen LogP contribution in [0.3, 0.4) is 0 Å². The van der Waals surface area contributed by atoms with Crippen LogP contribution in [0.2, 0.25) is 254 Å². The van der Waals surface area contributed by atoms with Crippen molar-refractivity contribution < 1.29 is 49.4 Å². The fraction of sp³-hybridized carbons (Fsp3) is 1.00. The summed E-state index contributed by atoms with van der Waals surface area (Å²) in [4.78, 5) is 0. The van der Waals surface area contributed by atoms with E-state index in [1.165, 1.54) is 0 Å². The van der Waals surface area contributed by atoms with Crippen molar-refractivity contribution >= 4 is 278 Å². The summed E-state index contributed by atoms with van der Waals surface area (Å²) < 4.78 is 93.7. The summed E-state index contributed by atoms with van der Waals surface area (Å²) in [6.45, 7) is 60.0. The highest BCUT2D eigenvalue weighted by atomic mass is 79.9. The first-order chi connectivity index (χ1) is 44.7. The molecule has 12 nitrogen and oxygen atoms in total. The lowest BCUT2D eigenvalue weighted by molar-refractivity contribution is 0.244. The molecule has 0 unspecified atom stereocenters. The topological polar surface area (TPSA) is 111 Å². The molecule has 0 aliphatic rings. The second kappa shape index (κ2) is 48.6. The van der Waals surface area contributed by atoms with E-state index in [9.17, 15) is 0 Å². The van der Waals surface area contributed by atoms with E-state index in [4.69, 9.17) is 49.4 Å². The first-order valence-corrected chi connectivity index (χ1v) is 92.6. The van der Waals surface area contributed by atoms with E-state index in [0.29, 0.717) is 0 Å². The summed E-state index contributed by atoms with van der Waals surface area (Å²) in [6, 6.07) is 14.5. The van der Waals surface area contributed by atoms with Gasteiger partial charge in [0.15, 0.2) is 99.8 Å². The van der Waals surface area contributed by atoms with Crippen LogP contribution in [0.1, 0.15) is 77.0 Å². The molecule has 0 radical (unpaired) electrons. The molecule has 0 rings (SSSR count). The van der Waals surface area contributed by atoms with Gasteiger partial charge in [0.1, 0.15) is 0 Å². The van der Waals surface area contributed by atoms with Crippen molar-refractivity contribution in [3.05, 3.63) is 0 Å². The van der Waals surface area contributed by atoms with Gasteiger partial charge in [0.25, 0.3) is 0 Å². The summed E-state index contributed by atoms with van der Waals surface area (Å²) in [6.07, 6.45) is 12.3. The van der Waals surface area contributed by atoms with Gasteiger partial charge in [0.05, 0.1) is 0 Å². The Balaban J connectivity index is 8.43. The van der Waals surface area contributed by atoms with Crippen LogP contribution >= 0.6 is 143 Å². The summed E-state index contributed by atoms with van der Waals surface area (Å²) >= 11 is 33.9. The first kappa shape index (κ1) is 105. The Bertz CT molecular complexity index is 1770. The van der Waals surface area contributed by atoms with Crippen LogP contribution in [-0.4, -0.2) is 183 Å². The molecule has 37 heteroatoms. The molecule has 0 aromatic rings. The number of alkyl halides is 9. The van der Waals surface area contributed by atoms with E-state index in [-0.39, 0.29) is 0 Å². The number of hydrogen-bond acceptors (Lipinski definition) is 12. The van der Waals surface area contributed by atoms with Crippen molar-refractivity contribution in [2.24, 2.45) is 0 Å². The van der Waals surface area contributed by atoms with Crippen molar-refractivity contribution in [2.45, 2.75) is 331 Å². The van der Waals surface area contributed by atoms with E-state index in [1.807, 2.05) is 0 Å². The molecular formula is C61H147Br9O12Si16. The predicted molar refractivity (Wildman–Crippen MR) is 503 cm³/mol. The minimum absolute atomic E-state index is 0.784. The lowest BCUT2D eigenvalue weighted by Crippen LogP contribution is -2.62. The van der Waals surface area contributed by atoms with E-state index in [1.54, 1.807) is 0 Å². The molecule has 0 heterocycles. The molecule has 590 valence electrons. The Morgan fingerprint density at radius 1 is 0.143 bits per heavy atom. The average molecular weight is 2240 g/mol. The van der Waals surface area contributed by atoms with Gasteiger partial charge in [-0.25, -0.2) is 0 Å². The van der Waals surface area contributed by atoms with Gasteiger partial charge in [-0.2, -0.15) is 0 Å². The zero-order valence-electron chi connectivity index (χ0n) is 66.8. The number of hydrogen-bond donors (Lipinski definition) is 0. The van der Waals surface area contributed by atoms with Crippen molar-refractivity contribution in [1.29, 1.82) is 0 Å². The third-order valence-corrected chi connectivity index (χ3v) is 86.1. The summed E-state index contributed by atoms with van der Waals surface area (Å²) in [5.41, 5.74) is 0. The van der Waals surface area contributed by atoms with Gasteiger partial charge in [0.2, 0.25) is 0 Å². The van der Waals surface area contributed by atoms with Crippen LogP contribution in [0.5, 0.6) is 0 Å². The van der Waals surface area contributed by atoms with Crippen molar-refractivity contribution in [1.82, 2.24) is 0 Å². The van der Waals surface area contributed by atoms with Gasteiger partial charge in [-0.05, 0) is 307 Å². The molecule has 0 aliphatic heterocycles. The monoisotopic (exact) mass is 2230 g/mol. The largest absolute Gasteiger partial charge is 0.469 e. The molecule has 0 N–H and O–H groups in total. The van der Waals surface area contributed by atoms with Crippen molar-refractivity contribution in [3.8, 4) is 0 Å². The Morgan fingerprint density at radius 3 is 0.357 bits per heavy atom. The second-order valence-electron chi connectivity index (χ2n) is 34.9. The highest BCUT2D eigenvalue weighted by Gasteiger charge is 2.57. The molecule has 0 fully saturated rings. The summed E-state index contributed by atoms with van der Waals surface area (Å²) in [7, 11) is -41.2. The maximum Gasteiger partial charge on any atom is 0.469 e. The fourth-order valence-corrected chi connectivity index (χ4v) is 93.1. The molecule has 0 spiro atoms. The standard InChI is InChI=1S/C61H147Br9O12Si16/c1-83(2,56-35-59-96(74-86(7,8)47-26-38-62,75-87(9,10)48-27-39-63)76-88(11,12)49-28-40-64)71-95(25,72-84(3,4)57-36-60-97(77-89(13,14)50-29-41-65,78-90(15,16)51-30-42-66)79-91(17,18)52-31-43-67)73-85(5,6)58-37-61-98(80-92(19,20)53-32-44-68,81-93(21,22)54-33-45-69)82-94(23,24)55-34-46-70/h26-61H2,1-25H3. The Kier molecular flexibility index (Phi) is 52.3. The first-order valence-electron chi connectivity index (χ1n) is 37.1. The number of rotatable bonds is 63. The van der Waals surface area contributed by atoms with E-state index >= 15 is 0 Å². The van der Waals surface area contributed by atoms with E-state index in [0.717, 1.165) is 216 Å². The van der Waals surface area contributed by atoms with Gasteiger partial charge in [-0.1, -0.05) is 143 Å². The Hall–Kier alpha value is 7.31. The predicted octanol–water partition coefficient (Wildman–Crippen LogP) is 27.3. The van der Waals surface area contributed by atoms with Gasteiger partial charge in [-0.3, -0.25) is 0 Å². The zero-order valence-corrected chi connectivity index (χ0v) is 97.0. The molecule has 0 aliphatic carbocycles. The van der Waals surface area contributed by atoms with Gasteiger partial charge < -0.3 is 49.4 Å². The van der Waals surface area contributed by atoms with Crippen LogP contribution in [0.4, 0.5) is 0 Å². The number of halogens is 9. The third-order valence-electron chi connectivity index (χ3n) is 17.3. The molecule has 0 aromatic heterocycles. The normalized spacial score (nSPS) is 14.8. The molecule has 0 bridgehead atoms.